The van der Waals surface area contributed by atoms with Gasteiger partial charge in [-0.15, -0.1) is 0 Å². The first-order valence-electron chi connectivity index (χ1n) is 9.93. The Kier molecular flexibility index (Phi) is 10.2. The van der Waals surface area contributed by atoms with Crippen LogP contribution in [0.5, 0.6) is 0 Å². The first-order chi connectivity index (χ1) is 14.4. The van der Waals surface area contributed by atoms with Crippen molar-refractivity contribution < 1.29 is 9.90 Å². The van der Waals surface area contributed by atoms with Crippen molar-refractivity contribution in [3.8, 4) is 0 Å². The second kappa shape index (κ2) is 12.6. The van der Waals surface area contributed by atoms with Crippen LogP contribution in [-0.4, -0.2) is 68.1 Å². The molecule has 2 rings (SSSR count). The number of rotatable bonds is 12. The van der Waals surface area contributed by atoms with Crippen LogP contribution in [0.2, 0.25) is 10.0 Å². The van der Waals surface area contributed by atoms with Gasteiger partial charge in [-0.3, -0.25) is 9.79 Å². The Balaban J connectivity index is 1.78. The van der Waals surface area contributed by atoms with Gasteiger partial charge < -0.3 is 37.5 Å². The predicted octanol–water partition coefficient (Wildman–Crippen LogP) is 0.928. The summed E-state index contributed by atoms with van der Waals surface area (Å²) < 4.78 is 0. The number of anilines is 1. The lowest BCUT2D eigenvalue weighted by molar-refractivity contribution is -0.126. The number of unbranched alkanes of at least 4 members (excludes halogenated alkanes) is 1. The van der Waals surface area contributed by atoms with Crippen LogP contribution in [0, 0.1) is 5.41 Å². The summed E-state index contributed by atoms with van der Waals surface area (Å²) in [6.45, 7) is 3.92. The first kappa shape index (κ1) is 24.2. The number of amides is 1. The molecule has 11 heteroatoms. The topological polar surface area (TPSA) is 148 Å². The fraction of sp³-hybridized carbons (Fsp3) is 0.526. The number of nitrogens with two attached hydrogens (primary N) is 1. The second-order valence-corrected chi connectivity index (χ2v) is 7.60. The summed E-state index contributed by atoms with van der Waals surface area (Å²) in [5.74, 6) is 0.174. The summed E-state index contributed by atoms with van der Waals surface area (Å²) >= 11 is 12.5. The molecule has 0 radical (unpaired) electrons. The fourth-order valence-corrected chi connectivity index (χ4v) is 3.40. The standard InChI is InChI=1S/C19H29Cl2N7O2/c20-13-10-12(11-14(21)16(13)24-7-3-4-22)15(23)17(29)18(30)25-5-1-2-6-26-19-27-8-9-28-19/h10-11,17,23-24,29H,1-9,22H2,(H,25,30)(H2,26,27,28). The Morgan fingerprint density at radius 1 is 1.20 bits per heavy atom. The number of aliphatic hydroxyl groups is 1. The minimum absolute atomic E-state index is 0.267. The monoisotopic (exact) mass is 457 g/mol. The number of aliphatic imine (C=N–C) groups is 1. The van der Waals surface area contributed by atoms with Crippen molar-refractivity contribution in [2.45, 2.75) is 25.4 Å². The zero-order valence-electron chi connectivity index (χ0n) is 16.7. The highest BCUT2D eigenvalue weighted by Gasteiger charge is 2.22. The van der Waals surface area contributed by atoms with Gasteiger partial charge in [0.15, 0.2) is 12.1 Å². The van der Waals surface area contributed by atoms with Crippen LogP contribution in [0.25, 0.3) is 0 Å². The van der Waals surface area contributed by atoms with Crippen molar-refractivity contribution in [3.05, 3.63) is 27.7 Å². The summed E-state index contributed by atoms with van der Waals surface area (Å²) in [7, 11) is 0. The molecule has 1 aliphatic rings. The van der Waals surface area contributed by atoms with E-state index in [4.69, 9.17) is 34.3 Å². The molecule has 0 spiro atoms. The molecule has 1 heterocycles. The zero-order valence-corrected chi connectivity index (χ0v) is 18.2. The number of nitrogens with zero attached hydrogens (tertiary/aromatic N) is 1. The highest BCUT2D eigenvalue weighted by Crippen LogP contribution is 2.32. The molecule has 9 nitrogen and oxygen atoms in total. The third-order valence-corrected chi connectivity index (χ3v) is 5.02. The van der Waals surface area contributed by atoms with E-state index in [0.29, 0.717) is 35.4 Å². The summed E-state index contributed by atoms with van der Waals surface area (Å²) in [5.41, 5.74) is 6.02. The highest BCUT2D eigenvalue weighted by atomic mass is 35.5. The van der Waals surface area contributed by atoms with Crippen molar-refractivity contribution in [3.63, 3.8) is 0 Å². The van der Waals surface area contributed by atoms with Crippen molar-refractivity contribution >= 4 is 46.5 Å². The predicted molar refractivity (Wildman–Crippen MR) is 122 cm³/mol. The van der Waals surface area contributed by atoms with Crippen LogP contribution in [0.15, 0.2) is 17.1 Å². The molecule has 0 aliphatic carbocycles. The molecular formula is C19H29Cl2N7O2. The van der Waals surface area contributed by atoms with Gasteiger partial charge in [-0.05, 0) is 37.9 Å². The average Bonchev–Trinajstić information content (AvgIpc) is 3.24. The smallest absolute Gasteiger partial charge is 0.255 e. The summed E-state index contributed by atoms with van der Waals surface area (Å²) in [6, 6.07) is 3.00. The quantitative estimate of drug-likeness (QED) is 0.183. The number of nitrogens with one attached hydrogen (secondary N) is 5. The molecule has 1 aliphatic heterocycles. The van der Waals surface area contributed by atoms with Crippen LogP contribution in [0.3, 0.4) is 0 Å². The number of hydrogen-bond acceptors (Lipinski definition) is 8. The van der Waals surface area contributed by atoms with Crippen molar-refractivity contribution in [2.75, 3.05) is 44.6 Å². The van der Waals surface area contributed by atoms with Gasteiger partial charge in [0.1, 0.15) is 0 Å². The molecule has 1 aromatic carbocycles. The lowest BCUT2D eigenvalue weighted by Crippen LogP contribution is -2.40. The minimum Gasteiger partial charge on any atom is -0.383 e. The Bertz CT molecular complexity index is 750. The van der Waals surface area contributed by atoms with Crippen molar-refractivity contribution in [1.82, 2.24) is 16.0 Å². The number of guanidine groups is 1. The normalized spacial score (nSPS) is 13.9. The summed E-state index contributed by atoms with van der Waals surface area (Å²) in [5, 5.41) is 31.0. The molecule has 1 aromatic rings. The Labute approximate surface area is 186 Å². The van der Waals surface area contributed by atoms with E-state index in [1.165, 1.54) is 12.1 Å². The van der Waals surface area contributed by atoms with Gasteiger partial charge in [0.2, 0.25) is 0 Å². The number of carbonyl (C=O) groups is 1. The lowest BCUT2D eigenvalue weighted by Gasteiger charge is -2.16. The van der Waals surface area contributed by atoms with Gasteiger partial charge in [-0.2, -0.15) is 0 Å². The van der Waals surface area contributed by atoms with E-state index < -0.39 is 12.0 Å². The molecule has 1 unspecified atom stereocenters. The molecule has 1 amide bonds. The average molecular weight is 458 g/mol. The third kappa shape index (κ3) is 7.32. The van der Waals surface area contributed by atoms with Crippen LogP contribution in [-0.2, 0) is 4.79 Å². The molecule has 8 N–H and O–H groups in total. The Morgan fingerprint density at radius 2 is 1.87 bits per heavy atom. The molecule has 0 fully saturated rings. The van der Waals surface area contributed by atoms with E-state index >= 15 is 0 Å². The number of hydrogen-bond donors (Lipinski definition) is 7. The number of halogens is 2. The molecule has 30 heavy (non-hydrogen) atoms. The van der Waals surface area contributed by atoms with Crippen LogP contribution >= 0.6 is 23.2 Å². The Hall–Kier alpha value is -2.07. The van der Waals surface area contributed by atoms with Gasteiger partial charge in [-0.1, -0.05) is 23.2 Å². The molecule has 166 valence electrons. The highest BCUT2D eigenvalue weighted by molar-refractivity contribution is 6.39. The summed E-state index contributed by atoms with van der Waals surface area (Å²) in [4.78, 5) is 16.4. The molecule has 0 saturated heterocycles. The van der Waals surface area contributed by atoms with Crippen molar-refractivity contribution in [2.24, 2.45) is 10.7 Å². The maximum atomic E-state index is 12.2. The van der Waals surface area contributed by atoms with E-state index in [1.54, 1.807) is 0 Å². The second-order valence-electron chi connectivity index (χ2n) is 6.78. The van der Waals surface area contributed by atoms with Crippen molar-refractivity contribution in [1.29, 1.82) is 5.41 Å². The van der Waals surface area contributed by atoms with Gasteiger partial charge in [0, 0.05) is 31.7 Å². The number of benzene rings is 1. The number of aliphatic hydroxyl groups excluding tert-OH is 1. The first-order valence-corrected chi connectivity index (χ1v) is 10.7. The fourth-order valence-electron chi connectivity index (χ4n) is 2.78. The molecule has 1 atom stereocenters. The Morgan fingerprint density at radius 3 is 2.50 bits per heavy atom. The van der Waals surface area contributed by atoms with E-state index in [9.17, 15) is 9.90 Å². The molecular weight excluding hydrogens is 429 g/mol. The van der Waals surface area contributed by atoms with E-state index in [2.05, 4.69) is 26.3 Å². The molecule has 0 aromatic heterocycles. The maximum Gasteiger partial charge on any atom is 0.255 e. The van der Waals surface area contributed by atoms with Gasteiger partial charge in [0.05, 0.1) is 28.0 Å². The van der Waals surface area contributed by atoms with Crippen LogP contribution < -0.4 is 27.0 Å². The third-order valence-electron chi connectivity index (χ3n) is 4.43. The van der Waals surface area contributed by atoms with E-state index in [0.717, 1.165) is 44.9 Å². The van der Waals surface area contributed by atoms with Crippen LogP contribution in [0.1, 0.15) is 24.8 Å². The largest absolute Gasteiger partial charge is 0.383 e. The van der Waals surface area contributed by atoms with E-state index in [1.807, 2.05) is 0 Å². The number of carbonyl (C=O) groups excluding carboxylic acids is 1. The van der Waals surface area contributed by atoms with Gasteiger partial charge in [0.25, 0.3) is 5.91 Å². The molecule has 0 saturated carbocycles. The van der Waals surface area contributed by atoms with Gasteiger partial charge >= 0.3 is 0 Å². The summed E-state index contributed by atoms with van der Waals surface area (Å²) in [6.07, 6.45) is 0.708. The molecule has 0 bridgehead atoms. The SMILES string of the molecule is N=C(c1cc(Cl)c(NCCCN)c(Cl)c1)C(O)C(=O)NCCCCNC1=NCCN1. The van der Waals surface area contributed by atoms with Gasteiger partial charge in [-0.25, -0.2) is 0 Å². The zero-order chi connectivity index (χ0) is 21.9. The maximum absolute atomic E-state index is 12.2. The minimum atomic E-state index is -1.61. The van der Waals surface area contributed by atoms with E-state index in [-0.39, 0.29) is 11.3 Å². The lowest BCUT2D eigenvalue weighted by atomic mass is 10.0. The van der Waals surface area contributed by atoms with Crippen LogP contribution in [0.4, 0.5) is 5.69 Å².